The van der Waals surface area contributed by atoms with Gasteiger partial charge in [-0.2, -0.15) is 0 Å². The van der Waals surface area contributed by atoms with Crippen molar-refractivity contribution in [2.24, 2.45) is 0 Å². The molecule has 1 aromatic carbocycles. The van der Waals surface area contributed by atoms with Gasteiger partial charge in [-0.3, -0.25) is 0 Å². The van der Waals surface area contributed by atoms with Crippen LogP contribution in [-0.4, -0.2) is 20.0 Å². The van der Waals surface area contributed by atoms with Gasteiger partial charge in [-0.25, -0.2) is 0 Å². The SMILES string of the molecule is C=Cc1cccc(C[PH](C)(C)C)c1. The summed E-state index contributed by atoms with van der Waals surface area (Å²) in [6.07, 6.45) is 3.17. The van der Waals surface area contributed by atoms with E-state index in [1.165, 1.54) is 17.3 Å². The van der Waals surface area contributed by atoms with Crippen molar-refractivity contribution in [1.82, 2.24) is 0 Å². The number of hydrogen-bond donors (Lipinski definition) is 0. The molecule has 72 valence electrons. The van der Waals surface area contributed by atoms with E-state index in [0.717, 1.165) is 0 Å². The van der Waals surface area contributed by atoms with E-state index < -0.39 is 7.26 Å². The van der Waals surface area contributed by atoms with Gasteiger partial charge in [-0.1, -0.05) is 0 Å². The molecule has 0 amide bonds. The minimum absolute atomic E-state index is 0.968. The zero-order chi connectivity index (χ0) is 9.90. The van der Waals surface area contributed by atoms with Crippen LogP contribution in [0, 0.1) is 0 Å². The Kier molecular flexibility index (Phi) is 3.27. The van der Waals surface area contributed by atoms with Crippen LogP contribution in [0.25, 0.3) is 6.08 Å². The van der Waals surface area contributed by atoms with Crippen LogP contribution >= 0.6 is 7.26 Å². The van der Waals surface area contributed by atoms with Crippen molar-refractivity contribution in [3.63, 3.8) is 0 Å². The van der Waals surface area contributed by atoms with Crippen LogP contribution < -0.4 is 0 Å². The number of benzene rings is 1. The molecule has 0 unspecified atom stereocenters. The van der Waals surface area contributed by atoms with Gasteiger partial charge >= 0.3 is 81.5 Å². The molecule has 0 saturated carbocycles. The molecule has 1 heteroatoms. The van der Waals surface area contributed by atoms with Gasteiger partial charge in [0, 0.05) is 0 Å². The van der Waals surface area contributed by atoms with E-state index in [0.29, 0.717) is 0 Å². The first-order valence-electron chi connectivity index (χ1n) is 4.73. The third-order valence-corrected chi connectivity index (χ3v) is 3.39. The molecule has 13 heavy (non-hydrogen) atoms. The molecule has 0 saturated heterocycles. The molecular weight excluding hydrogens is 175 g/mol. The second-order valence-electron chi connectivity index (χ2n) is 4.69. The second kappa shape index (κ2) is 4.07. The van der Waals surface area contributed by atoms with Gasteiger partial charge in [0.2, 0.25) is 0 Å². The fraction of sp³-hybridized carbons (Fsp3) is 0.333. The van der Waals surface area contributed by atoms with Gasteiger partial charge in [0.25, 0.3) is 0 Å². The Hall–Kier alpha value is -0.610. The summed E-state index contributed by atoms with van der Waals surface area (Å²) in [5, 5.41) is 0. The minimum atomic E-state index is -0.968. The van der Waals surface area contributed by atoms with Crippen LogP contribution in [-0.2, 0) is 6.16 Å². The van der Waals surface area contributed by atoms with Gasteiger partial charge in [0.15, 0.2) is 0 Å². The summed E-state index contributed by atoms with van der Waals surface area (Å²) in [6, 6.07) is 8.67. The molecule has 0 aromatic heterocycles. The third kappa shape index (κ3) is 3.74. The Labute approximate surface area is 82.0 Å². The Balaban J connectivity index is 2.84. The molecule has 1 rings (SSSR count). The van der Waals surface area contributed by atoms with Crippen LogP contribution in [0.3, 0.4) is 0 Å². The number of hydrogen-bond acceptors (Lipinski definition) is 0. The average molecular weight is 194 g/mol. The summed E-state index contributed by atoms with van der Waals surface area (Å²) in [5.74, 6) is 0. The molecule has 0 atom stereocenters. The molecule has 0 N–H and O–H groups in total. The Bertz CT molecular complexity index is 294. The van der Waals surface area contributed by atoms with Gasteiger partial charge in [-0.15, -0.1) is 0 Å². The summed E-state index contributed by atoms with van der Waals surface area (Å²) < 4.78 is 0. The van der Waals surface area contributed by atoms with Crippen molar-refractivity contribution in [2.45, 2.75) is 6.16 Å². The maximum atomic E-state index is 3.78. The van der Waals surface area contributed by atoms with Crippen molar-refractivity contribution >= 4 is 13.3 Å². The first-order valence-corrected chi connectivity index (χ1v) is 8.43. The van der Waals surface area contributed by atoms with E-state index >= 15 is 0 Å². The van der Waals surface area contributed by atoms with Gasteiger partial charge < -0.3 is 0 Å². The standard InChI is InChI=1S/C12H19P/c1-5-11-7-6-8-12(9-11)10-13(2,3)4/h5-9,13H,1,10H2,2-4H3. The normalized spacial score (nSPS) is 12.5. The number of rotatable bonds is 3. The average Bonchev–Trinajstić information content (AvgIpc) is 2.01. The summed E-state index contributed by atoms with van der Waals surface area (Å²) in [6.45, 7) is 11.0. The topological polar surface area (TPSA) is 0 Å². The summed E-state index contributed by atoms with van der Waals surface area (Å²) >= 11 is 0. The van der Waals surface area contributed by atoms with Crippen molar-refractivity contribution < 1.29 is 0 Å². The molecule has 1 aromatic rings. The zero-order valence-corrected chi connectivity index (χ0v) is 9.80. The van der Waals surface area contributed by atoms with E-state index in [4.69, 9.17) is 0 Å². The molecule has 0 aliphatic rings. The molecule has 0 aliphatic heterocycles. The Morgan fingerprint density at radius 1 is 1.31 bits per heavy atom. The van der Waals surface area contributed by atoms with Gasteiger partial charge in [-0.05, 0) is 0 Å². The molecule has 0 heterocycles. The fourth-order valence-corrected chi connectivity index (χ4v) is 2.89. The molecular formula is C12H19P. The molecule has 0 radical (unpaired) electrons. The predicted octanol–water partition coefficient (Wildman–Crippen LogP) is 3.47. The van der Waals surface area contributed by atoms with E-state index in [-0.39, 0.29) is 0 Å². The van der Waals surface area contributed by atoms with E-state index in [2.05, 4.69) is 50.8 Å². The van der Waals surface area contributed by atoms with Crippen LogP contribution in [0.5, 0.6) is 0 Å². The van der Waals surface area contributed by atoms with Gasteiger partial charge in [0.1, 0.15) is 0 Å². The van der Waals surface area contributed by atoms with E-state index in [1.807, 2.05) is 6.08 Å². The molecule has 0 nitrogen and oxygen atoms in total. The van der Waals surface area contributed by atoms with Gasteiger partial charge in [0.05, 0.1) is 0 Å². The first-order chi connectivity index (χ1) is 6.01. The van der Waals surface area contributed by atoms with Crippen LogP contribution in [0.4, 0.5) is 0 Å². The molecule has 0 bridgehead atoms. The summed E-state index contributed by atoms with van der Waals surface area (Å²) in [5.41, 5.74) is 2.69. The third-order valence-electron chi connectivity index (χ3n) is 1.92. The summed E-state index contributed by atoms with van der Waals surface area (Å²) in [4.78, 5) is 0. The van der Waals surface area contributed by atoms with Crippen LogP contribution in [0.15, 0.2) is 30.8 Å². The molecule has 0 fully saturated rings. The predicted molar refractivity (Wildman–Crippen MR) is 66.3 cm³/mol. The molecule has 0 spiro atoms. The van der Waals surface area contributed by atoms with Crippen LogP contribution in [0.1, 0.15) is 11.1 Å². The van der Waals surface area contributed by atoms with Crippen molar-refractivity contribution in [1.29, 1.82) is 0 Å². The van der Waals surface area contributed by atoms with Crippen molar-refractivity contribution in [2.75, 3.05) is 20.0 Å². The van der Waals surface area contributed by atoms with Crippen molar-refractivity contribution in [3.8, 4) is 0 Å². The Morgan fingerprint density at radius 3 is 2.54 bits per heavy atom. The van der Waals surface area contributed by atoms with Crippen molar-refractivity contribution in [3.05, 3.63) is 42.0 Å². The quantitative estimate of drug-likeness (QED) is 0.646. The molecule has 0 aliphatic carbocycles. The monoisotopic (exact) mass is 194 g/mol. The second-order valence-corrected chi connectivity index (χ2v) is 10.2. The zero-order valence-electron chi connectivity index (χ0n) is 8.80. The first kappa shape index (κ1) is 10.5. The fourth-order valence-electron chi connectivity index (χ4n) is 1.44. The van der Waals surface area contributed by atoms with Crippen LogP contribution in [0.2, 0.25) is 0 Å². The Morgan fingerprint density at radius 2 is 2.00 bits per heavy atom. The summed E-state index contributed by atoms with van der Waals surface area (Å²) in [7, 11) is -0.968. The van der Waals surface area contributed by atoms with E-state index in [9.17, 15) is 0 Å². The maximum absolute atomic E-state index is 3.78. The van der Waals surface area contributed by atoms with E-state index in [1.54, 1.807) is 0 Å².